The van der Waals surface area contributed by atoms with Gasteiger partial charge in [-0.3, -0.25) is 9.59 Å². The van der Waals surface area contributed by atoms with E-state index in [0.717, 1.165) is 55.6 Å². The molecule has 0 bridgehead atoms. The fraction of sp³-hybridized carbons (Fsp3) is 0.395. The van der Waals surface area contributed by atoms with E-state index in [1.807, 2.05) is 77.9 Å². The molecule has 2 N–H and O–H groups in total. The van der Waals surface area contributed by atoms with Gasteiger partial charge in [0, 0.05) is 27.7 Å². The number of ether oxygens (including phenoxy) is 1. The molecule has 0 unspecified atom stereocenters. The van der Waals surface area contributed by atoms with E-state index < -0.39 is 5.41 Å². The Labute approximate surface area is 287 Å². The maximum Gasteiger partial charge on any atom is 0.256 e. The fourth-order valence-electron chi connectivity index (χ4n) is 7.15. The predicted octanol–water partition coefficient (Wildman–Crippen LogP) is 11.1. The van der Waals surface area contributed by atoms with Gasteiger partial charge < -0.3 is 15.4 Å². The molecule has 0 saturated carbocycles. The topological polar surface area (TPSA) is 67.4 Å². The monoisotopic (exact) mass is 644 g/mol. The smallest absolute Gasteiger partial charge is 0.256 e. The zero-order chi connectivity index (χ0) is 35.7. The number of carbonyl (C=O) groups excluding carboxylic acids is 2. The van der Waals surface area contributed by atoms with Crippen LogP contribution in [0.25, 0.3) is 0 Å². The van der Waals surface area contributed by atoms with Crippen molar-refractivity contribution in [2.45, 2.75) is 113 Å². The number of hydrogen-bond acceptors (Lipinski definition) is 3. The summed E-state index contributed by atoms with van der Waals surface area (Å²) in [6.45, 7) is 29.5. The number of amides is 2. The fourth-order valence-corrected chi connectivity index (χ4v) is 7.15. The summed E-state index contributed by atoms with van der Waals surface area (Å²) in [4.78, 5) is 28.0. The summed E-state index contributed by atoms with van der Waals surface area (Å²) in [7, 11) is 0. The van der Waals surface area contributed by atoms with E-state index in [1.165, 1.54) is 0 Å². The van der Waals surface area contributed by atoms with Gasteiger partial charge in [0.05, 0.1) is 11.4 Å². The molecule has 0 spiro atoms. The van der Waals surface area contributed by atoms with Crippen molar-refractivity contribution in [2.75, 3.05) is 10.6 Å². The first-order valence-electron chi connectivity index (χ1n) is 16.9. The highest BCUT2D eigenvalue weighted by atomic mass is 16.5. The Kier molecular flexibility index (Phi) is 8.69. The largest absolute Gasteiger partial charge is 0.452 e. The molecule has 1 aliphatic rings. The van der Waals surface area contributed by atoms with Gasteiger partial charge in [-0.05, 0) is 97.9 Å². The van der Waals surface area contributed by atoms with E-state index in [-0.39, 0.29) is 22.6 Å². The molecule has 5 heteroatoms. The van der Waals surface area contributed by atoms with Crippen LogP contribution in [0.5, 0.6) is 11.5 Å². The Morgan fingerprint density at radius 3 is 1.15 bits per heavy atom. The lowest BCUT2D eigenvalue weighted by Crippen LogP contribution is -2.29. The molecule has 5 rings (SSSR count). The summed E-state index contributed by atoms with van der Waals surface area (Å²) in [5, 5.41) is 6.52. The standard InChI is InChI=1S/C43H52N2O3/c1-23-15-25(3)35(26(4)16-23)39(46)44-33-21-29(41(7,8)9)19-31-37(33)48-38-32(43(31,13)14)20-30(42(10,11)12)22-34(38)45-40(47)36-27(5)17-24(2)18-28(36)6/h15-22H,1-14H3,(H,44,46)(H,45,47). The maximum atomic E-state index is 14.0. The van der Waals surface area contributed by atoms with Gasteiger partial charge in [-0.25, -0.2) is 0 Å². The third-order valence-electron chi connectivity index (χ3n) is 9.77. The van der Waals surface area contributed by atoms with E-state index in [1.54, 1.807) is 0 Å². The molecular weight excluding hydrogens is 592 g/mol. The van der Waals surface area contributed by atoms with Crippen molar-refractivity contribution in [3.63, 3.8) is 0 Å². The minimum absolute atomic E-state index is 0.174. The van der Waals surface area contributed by atoms with Gasteiger partial charge >= 0.3 is 0 Å². The number of carbonyl (C=O) groups is 2. The molecule has 4 aromatic rings. The summed E-state index contributed by atoms with van der Waals surface area (Å²) in [5.41, 5.74) is 11.8. The molecule has 48 heavy (non-hydrogen) atoms. The summed E-state index contributed by atoms with van der Waals surface area (Å²) < 4.78 is 6.91. The Bertz CT molecular complexity index is 1800. The average Bonchev–Trinajstić information content (AvgIpc) is 2.91. The second-order valence-electron chi connectivity index (χ2n) is 16.5. The van der Waals surface area contributed by atoms with Crippen molar-refractivity contribution in [1.29, 1.82) is 0 Å². The minimum atomic E-state index is -0.518. The summed E-state index contributed by atoms with van der Waals surface area (Å²) >= 11 is 0. The first-order valence-corrected chi connectivity index (χ1v) is 16.9. The minimum Gasteiger partial charge on any atom is -0.452 e. The van der Waals surface area contributed by atoms with E-state index in [2.05, 4.69) is 78.2 Å². The van der Waals surface area contributed by atoms with Crippen LogP contribution in [0.2, 0.25) is 0 Å². The average molecular weight is 645 g/mol. The Hall–Kier alpha value is -4.38. The number of aryl methyl sites for hydroxylation is 6. The summed E-state index contributed by atoms with van der Waals surface area (Å²) in [5.74, 6) is 0.843. The van der Waals surface area contributed by atoms with Gasteiger partial charge in [0.15, 0.2) is 11.5 Å². The van der Waals surface area contributed by atoms with Crippen molar-refractivity contribution >= 4 is 23.2 Å². The second kappa shape index (κ2) is 11.9. The third kappa shape index (κ3) is 6.40. The maximum absolute atomic E-state index is 14.0. The highest BCUT2D eigenvalue weighted by Crippen LogP contribution is 2.55. The molecule has 1 aliphatic heterocycles. The van der Waals surface area contributed by atoms with Crippen LogP contribution in [-0.2, 0) is 16.2 Å². The SMILES string of the molecule is Cc1cc(C)c(C(=O)Nc2cc(C(C)(C)C)cc3c2Oc2c(NC(=O)c4c(C)cc(C)cc4C)cc(C(C)(C)C)cc2C3(C)C)c(C)c1. The highest BCUT2D eigenvalue weighted by molar-refractivity contribution is 6.08. The highest BCUT2D eigenvalue weighted by Gasteiger charge is 2.40. The number of rotatable bonds is 4. The lowest BCUT2D eigenvalue weighted by molar-refractivity contribution is 0.101. The summed E-state index contributed by atoms with van der Waals surface area (Å²) in [6, 6.07) is 16.7. The van der Waals surface area contributed by atoms with Crippen LogP contribution in [0.3, 0.4) is 0 Å². The molecule has 0 fully saturated rings. The van der Waals surface area contributed by atoms with Crippen LogP contribution in [0.4, 0.5) is 11.4 Å². The van der Waals surface area contributed by atoms with Crippen molar-refractivity contribution in [3.05, 3.63) is 115 Å². The lowest BCUT2D eigenvalue weighted by Gasteiger charge is -2.39. The first-order chi connectivity index (χ1) is 22.1. The molecule has 2 amide bonds. The Morgan fingerprint density at radius 1 is 0.542 bits per heavy atom. The zero-order valence-electron chi connectivity index (χ0n) is 31.3. The van der Waals surface area contributed by atoms with Crippen molar-refractivity contribution in [2.24, 2.45) is 0 Å². The number of nitrogens with one attached hydrogen (secondary N) is 2. The Morgan fingerprint density at radius 2 is 0.854 bits per heavy atom. The van der Waals surface area contributed by atoms with Gasteiger partial charge in [-0.2, -0.15) is 0 Å². The lowest BCUT2D eigenvalue weighted by atomic mass is 9.71. The van der Waals surface area contributed by atoms with Crippen molar-refractivity contribution in [3.8, 4) is 11.5 Å². The van der Waals surface area contributed by atoms with Gasteiger partial charge in [-0.1, -0.05) is 103 Å². The first kappa shape index (κ1) is 34.9. The molecule has 252 valence electrons. The molecule has 0 radical (unpaired) electrons. The van der Waals surface area contributed by atoms with E-state index in [4.69, 9.17) is 4.74 Å². The Balaban J connectivity index is 1.71. The number of fused-ring (bicyclic) bond motifs is 2. The molecule has 1 heterocycles. The van der Waals surface area contributed by atoms with Gasteiger partial charge in [0.2, 0.25) is 0 Å². The molecule has 0 aliphatic carbocycles. The molecule has 0 atom stereocenters. The number of hydrogen-bond donors (Lipinski definition) is 2. The summed E-state index contributed by atoms with van der Waals surface area (Å²) in [6.07, 6.45) is 0. The molecule has 4 aromatic carbocycles. The van der Waals surface area contributed by atoms with E-state index >= 15 is 0 Å². The quantitative estimate of drug-likeness (QED) is 0.232. The zero-order valence-corrected chi connectivity index (χ0v) is 31.3. The van der Waals surface area contributed by atoms with E-state index in [9.17, 15) is 9.59 Å². The van der Waals surface area contributed by atoms with Crippen LogP contribution >= 0.6 is 0 Å². The van der Waals surface area contributed by atoms with Crippen LogP contribution in [0.15, 0.2) is 48.5 Å². The predicted molar refractivity (Wildman–Crippen MR) is 200 cm³/mol. The van der Waals surface area contributed by atoms with Crippen LogP contribution in [0, 0.1) is 41.5 Å². The molecule has 0 aromatic heterocycles. The van der Waals surface area contributed by atoms with Crippen LogP contribution in [0.1, 0.15) is 132 Å². The van der Waals surface area contributed by atoms with Gasteiger partial charge in [-0.15, -0.1) is 0 Å². The number of anilines is 2. The van der Waals surface area contributed by atoms with Gasteiger partial charge in [0.25, 0.3) is 11.8 Å². The second-order valence-corrected chi connectivity index (χ2v) is 16.5. The normalized spacial score (nSPS) is 13.7. The van der Waals surface area contributed by atoms with Crippen molar-refractivity contribution in [1.82, 2.24) is 0 Å². The van der Waals surface area contributed by atoms with Crippen LogP contribution < -0.4 is 15.4 Å². The van der Waals surface area contributed by atoms with E-state index in [0.29, 0.717) is 34.0 Å². The molecule has 5 nitrogen and oxygen atoms in total. The third-order valence-corrected chi connectivity index (χ3v) is 9.77. The molecular formula is C43H52N2O3. The van der Waals surface area contributed by atoms with Crippen molar-refractivity contribution < 1.29 is 14.3 Å². The van der Waals surface area contributed by atoms with Gasteiger partial charge in [0.1, 0.15) is 0 Å². The molecule has 0 saturated heterocycles. The van der Waals surface area contributed by atoms with Crippen LogP contribution in [-0.4, -0.2) is 11.8 Å². The number of benzene rings is 4.